The number of benzene rings is 1. The fourth-order valence-electron chi connectivity index (χ4n) is 2.92. The van der Waals surface area contributed by atoms with E-state index in [9.17, 15) is 14.7 Å². The molecule has 1 aliphatic rings. The molecule has 1 fully saturated rings. The number of carbonyl (C=O) groups is 2. The SMILES string of the molecule is Cc1cc(NC(=O)C2CCC(C)CC2)cc(C(=O)O)c1C. The molecule has 1 amide bonds. The van der Waals surface area contributed by atoms with Gasteiger partial charge in [0.1, 0.15) is 0 Å². The van der Waals surface area contributed by atoms with Crippen molar-refractivity contribution < 1.29 is 14.7 Å². The molecule has 0 heterocycles. The third kappa shape index (κ3) is 3.63. The van der Waals surface area contributed by atoms with Crippen molar-refractivity contribution in [2.75, 3.05) is 5.32 Å². The molecule has 0 aromatic heterocycles. The van der Waals surface area contributed by atoms with E-state index in [1.807, 2.05) is 13.0 Å². The van der Waals surface area contributed by atoms with Gasteiger partial charge < -0.3 is 10.4 Å². The van der Waals surface area contributed by atoms with Crippen molar-refractivity contribution in [2.24, 2.45) is 11.8 Å². The second-order valence-corrected chi connectivity index (χ2v) is 6.22. The number of carboxylic acids is 1. The number of aryl methyl sites for hydroxylation is 1. The predicted molar refractivity (Wildman–Crippen MR) is 82.6 cm³/mol. The van der Waals surface area contributed by atoms with Crippen LogP contribution in [-0.2, 0) is 4.79 Å². The van der Waals surface area contributed by atoms with Gasteiger partial charge in [-0.3, -0.25) is 4.79 Å². The first kappa shape index (κ1) is 15.5. The molecule has 0 spiro atoms. The van der Waals surface area contributed by atoms with Gasteiger partial charge in [0.2, 0.25) is 5.91 Å². The fraction of sp³-hybridized carbons (Fsp3) is 0.529. The minimum Gasteiger partial charge on any atom is -0.478 e. The number of hydrogen-bond donors (Lipinski definition) is 2. The third-order valence-corrected chi connectivity index (χ3v) is 4.55. The van der Waals surface area contributed by atoms with Gasteiger partial charge in [0.25, 0.3) is 0 Å². The zero-order valence-corrected chi connectivity index (χ0v) is 12.9. The predicted octanol–water partition coefficient (Wildman–Crippen LogP) is 3.77. The number of amides is 1. The standard InChI is InChI=1S/C17H23NO3/c1-10-4-6-13(7-5-10)16(19)18-14-8-11(2)12(3)15(9-14)17(20)21/h8-10,13H,4-7H2,1-3H3,(H,18,19)(H,20,21). The van der Waals surface area contributed by atoms with Crippen LogP contribution in [0.4, 0.5) is 5.69 Å². The van der Waals surface area contributed by atoms with E-state index in [-0.39, 0.29) is 17.4 Å². The maximum atomic E-state index is 12.3. The molecule has 1 aliphatic carbocycles. The van der Waals surface area contributed by atoms with Gasteiger partial charge in [-0.2, -0.15) is 0 Å². The average molecular weight is 289 g/mol. The van der Waals surface area contributed by atoms with Crippen molar-refractivity contribution in [1.82, 2.24) is 0 Å². The molecule has 2 rings (SSSR count). The molecule has 1 aromatic rings. The smallest absolute Gasteiger partial charge is 0.336 e. The molecule has 0 aliphatic heterocycles. The van der Waals surface area contributed by atoms with Crippen LogP contribution in [0.25, 0.3) is 0 Å². The summed E-state index contributed by atoms with van der Waals surface area (Å²) in [6, 6.07) is 3.39. The van der Waals surface area contributed by atoms with Crippen LogP contribution in [0.15, 0.2) is 12.1 Å². The lowest BCUT2D eigenvalue weighted by Crippen LogP contribution is -2.26. The molecule has 1 aromatic carbocycles. The summed E-state index contributed by atoms with van der Waals surface area (Å²) in [5, 5.41) is 12.1. The summed E-state index contributed by atoms with van der Waals surface area (Å²) in [7, 11) is 0. The van der Waals surface area contributed by atoms with E-state index >= 15 is 0 Å². The number of carboxylic acid groups (broad SMARTS) is 1. The van der Waals surface area contributed by atoms with Crippen molar-refractivity contribution in [3.8, 4) is 0 Å². The highest BCUT2D eigenvalue weighted by atomic mass is 16.4. The first-order valence-corrected chi connectivity index (χ1v) is 7.54. The monoisotopic (exact) mass is 289 g/mol. The van der Waals surface area contributed by atoms with Crippen molar-refractivity contribution in [1.29, 1.82) is 0 Å². The number of aromatic carboxylic acids is 1. The van der Waals surface area contributed by atoms with Gasteiger partial charge in [0, 0.05) is 11.6 Å². The summed E-state index contributed by atoms with van der Waals surface area (Å²) in [6.07, 6.45) is 4.02. The van der Waals surface area contributed by atoms with Gasteiger partial charge in [-0.15, -0.1) is 0 Å². The second kappa shape index (κ2) is 6.29. The maximum absolute atomic E-state index is 12.3. The molecule has 0 saturated heterocycles. The van der Waals surface area contributed by atoms with Gasteiger partial charge in [0.15, 0.2) is 0 Å². The number of anilines is 1. The van der Waals surface area contributed by atoms with Crippen LogP contribution in [0.2, 0.25) is 0 Å². The minimum atomic E-state index is -0.960. The Bertz CT molecular complexity index is 557. The fourth-order valence-corrected chi connectivity index (χ4v) is 2.92. The summed E-state index contributed by atoms with van der Waals surface area (Å²) < 4.78 is 0. The quantitative estimate of drug-likeness (QED) is 0.890. The highest BCUT2D eigenvalue weighted by Crippen LogP contribution is 2.29. The van der Waals surface area contributed by atoms with Crippen LogP contribution < -0.4 is 5.32 Å². The van der Waals surface area contributed by atoms with Gasteiger partial charge in [0.05, 0.1) is 5.56 Å². The summed E-state index contributed by atoms with van der Waals surface area (Å²) in [5.74, 6) is -0.190. The van der Waals surface area contributed by atoms with Gasteiger partial charge in [-0.05, 0) is 68.7 Å². The Labute approximate surface area is 125 Å². The Morgan fingerprint density at radius 1 is 1.14 bits per heavy atom. The normalized spacial score (nSPS) is 21.9. The number of carbonyl (C=O) groups excluding carboxylic acids is 1. The zero-order chi connectivity index (χ0) is 15.6. The van der Waals surface area contributed by atoms with E-state index in [1.165, 1.54) is 0 Å². The lowest BCUT2D eigenvalue weighted by molar-refractivity contribution is -0.121. The lowest BCUT2D eigenvalue weighted by Gasteiger charge is -2.25. The van der Waals surface area contributed by atoms with Crippen LogP contribution in [0.3, 0.4) is 0 Å². The average Bonchev–Trinajstić information content (AvgIpc) is 2.43. The summed E-state index contributed by atoms with van der Waals surface area (Å²) >= 11 is 0. The van der Waals surface area contributed by atoms with Crippen LogP contribution in [0, 0.1) is 25.7 Å². The van der Waals surface area contributed by atoms with E-state index in [0.717, 1.165) is 36.8 Å². The van der Waals surface area contributed by atoms with Gasteiger partial charge in [-0.1, -0.05) is 6.92 Å². The maximum Gasteiger partial charge on any atom is 0.336 e. The first-order chi connectivity index (χ1) is 9.88. The molecule has 2 N–H and O–H groups in total. The summed E-state index contributed by atoms with van der Waals surface area (Å²) in [5.41, 5.74) is 2.45. The minimum absolute atomic E-state index is 0.0153. The highest BCUT2D eigenvalue weighted by molar-refractivity contribution is 5.96. The van der Waals surface area contributed by atoms with E-state index in [4.69, 9.17) is 0 Å². The molecule has 4 heteroatoms. The Kier molecular flexibility index (Phi) is 4.66. The van der Waals surface area contributed by atoms with E-state index < -0.39 is 5.97 Å². The molecular formula is C17H23NO3. The van der Waals surface area contributed by atoms with E-state index in [2.05, 4.69) is 12.2 Å². The lowest BCUT2D eigenvalue weighted by atomic mass is 9.82. The van der Waals surface area contributed by atoms with E-state index in [0.29, 0.717) is 11.6 Å². The Balaban J connectivity index is 2.12. The number of hydrogen-bond acceptors (Lipinski definition) is 2. The Morgan fingerprint density at radius 3 is 2.33 bits per heavy atom. The number of rotatable bonds is 3. The molecule has 114 valence electrons. The Hall–Kier alpha value is -1.84. The van der Waals surface area contributed by atoms with Gasteiger partial charge >= 0.3 is 5.97 Å². The van der Waals surface area contributed by atoms with Crippen LogP contribution in [-0.4, -0.2) is 17.0 Å². The summed E-state index contributed by atoms with van der Waals surface area (Å²) in [6.45, 7) is 5.86. The first-order valence-electron chi connectivity index (χ1n) is 7.54. The third-order valence-electron chi connectivity index (χ3n) is 4.55. The van der Waals surface area contributed by atoms with Crippen LogP contribution >= 0.6 is 0 Å². The highest BCUT2D eigenvalue weighted by Gasteiger charge is 2.24. The topological polar surface area (TPSA) is 66.4 Å². The molecule has 21 heavy (non-hydrogen) atoms. The molecular weight excluding hydrogens is 266 g/mol. The summed E-state index contributed by atoms with van der Waals surface area (Å²) in [4.78, 5) is 23.5. The number of nitrogens with one attached hydrogen (secondary N) is 1. The largest absolute Gasteiger partial charge is 0.478 e. The van der Waals surface area contributed by atoms with E-state index in [1.54, 1.807) is 13.0 Å². The molecule has 0 atom stereocenters. The van der Waals surface area contributed by atoms with Crippen molar-refractivity contribution >= 4 is 17.6 Å². The van der Waals surface area contributed by atoms with Crippen molar-refractivity contribution in [2.45, 2.75) is 46.5 Å². The Morgan fingerprint density at radius 2 is 1.76 bits per heavy atom. The molecule has 0 unspecified atom stereocenters. The second-order valence-electron chi connectivity index (χ2n) is 6.22. The molecule has 4 nitrogen and oxygen atoms in total. The van der Waals surface area contributed by atoms with Gasteiger partial charge in [-0.25, -0.2) is 4.79 Å². The van der Waals surface area contributed by atoms with Crippen LogP contribution in [0.1, 0.15) is 54.1 Å². The molecule has 0 radical (unpaired) electrons. The van der Waals surface area contributed by atoms with Crippen molar-refractivity contribution in [3.05, 3.63) is 28.8 Å². The van der Waals surface area contributed by atoms with Crippen molar-refractivity contribution in [3.63, 3.8) is 0 Å². The van der Waals surface area contributed by atoms with Crippen LogP contribution in [0.5, 0.6) is 0 Å². The molecule has 0 bridgehead atoms. The molecule has 1 saturated carbocycles. The zero-order valence-electron chi connectivity index (χ0n) is 12.9.